The lowest BCUT2D eigenvalue weighted by Gasteiger charge is -2.43. The Morgan fingerprint density at radius 2 is 1.48 bits per heavy atom. The maximum Gasteiger partial charge on any atom is 0.407 e. The van der Waals surface area contributed by atoms with Crippen molar-refractivity contribution in [1.29, 1.82) is 0 Å². The average molecular weight is 592 g/mol. The number of phenols is 1. The molecule has 0 radical (unpaired) electrons. The van der Waals surface area contributed by atoms with Crippen molar-refractivity contribution in [1.82, 2.24) is 5.32 Å². The van der Waals surface area contributed by atoms with E-state index in [0.29, 0.717) is 41.6 Å². The van der Waals surface area contributed by atoms with Gasteiger partial charge in [0.2, 0.25) is 0 Å². The SMILES string of the molecule is Nc1ccc(C(C2C=CC(NC(=O)c3ccc(Oc4ccc(C=O)cc4)cc3)=C(O)C2)(C(F)(F)F)C(F)(F)F)cc1O. The number of carbonyl (C=O) groups excluding carboxylic acids is 2. The van der Waals surface area contributed by atoms with Crippen LogP contribution in [0, 0.1) is 5.92 Å². The standard InChI is InChI=1S/C29H22F6N2O5/c30-28(31,32)27(29(33,34)35,18-5-11-22(36)24(39)13-18)19-6-12-23(25(40)14-19)37-26(41)17-3-9-21(10-4-17)42-20-7-1-16(15-38)2-8-20/h1-13,15,19,39-40H,14,36H2,(H,37,41). The zero-order valence-corrected chi connectivity index (χ0v) is 21.3. The van der Waals surface area contributed by atoms with Gasteiger partial charge in [-0.2, -0.15) is 26.3 Å². The molecule has 3 aromatic rings. The fourth-order valence-electron chi connectivity index (χ4n) is 4.64. The third-order valence-corrected chi connectivity index (χ3v) is 6.77. The van der Waals surface area contributed by atoms with Gasteiger partial charge in [0.15, 0.2) is 5.41 Å². The lowest BCUT2D eigenvalue weighted by Crippen LogP contribution is -2.58. The van der Waals surface area contributed by atoms with E-state index in [1.165, 1.54) is 24.3 Å². The van der Waals surface area contributed by atoms with Crippen LogP contribution in [0.25, 0.3) is 0 Å². The molecule has 0 saturated heterocycles. The third kappa shape index (κ3) is 5.62. The zero-order chi connectivity index (χ0) is 30.9. The molecule has 5 N–H and O–H groups in total. The fourth-order valence-corrected chi connectivity index (χ4v) is 4.64. The summed E-state index contributed by atoms with van der Waals surface area (Å²) in [7, 11) is 0. The molecule has 1 aliphatic rings. The van der Waals surface area contributed by atoms with Gasteiger partial charge in [-0.25, -0.2) is 0 Å². The molecular formula is C29H22F6N2O5. The number of phenolic OH excluding ortho intramolecular Hbond substituents is 1. The largest absolute Gasteiger partial charge is 0.510 e. The predicted octanol–water partition coefficient (Wildman–Crippen LogP) is 6.72. The summed E-state index contributed by atoms with van der Waals surface area (Å²) in [5.41, 5.74) is -0.758. The smallest absolute Gasteiger partial charge is 0.407 e. The molecule has 1 aliphatic carbocycles. The highest BCUT2D eigenvalue weighted by molar-refractivity contribution is 5.95. The van der Waals surface area contributed by atoms with Crippen LogP contribution in [0.15, 0.2) is 90.3 Å². The number of alkyl halides is 6. The van der Waals surface area contributed by atoms with Crippen molar-refractivity contribution in [3.8, 4) is 17.2 Å². The third-order valence-electron chi connectivity index (χ3n) is 6.77. The number of aliphatic hydroxyl groups is 1. The molecule has 1 unspecified atom stereocenters. The highest BCUT2D eigenvalue weighted by Crippen LogP contribution is 2.59. The average Bonchev–Trinajstić information content (AvgIpc) is 2.91. The van der Waals surface area contributed by atoms with Crippen LogP contribution in [0.2, 0.25) is 0 Å². The molecule has 1 atom stereocenters. The van der Waals surface area contributed by atoms with Crippen LogP contribution in [0.4, 0.5) is 32.0 Å². The first-order valence-corrected chi connectivity index (χ1v) is 12.1. The molecule has 0 fully saturated rings. The minimum atomic E-state index is -5.91. The van der Waals surface area contributed by atoms with E-state index < -0.39 is 58.8 Å². The van der Waals surface area contributed by atoms with E-state index >= 15 is 0 Å². The van der Waals surface area contributed by atoms with E-state index in [1.54, 1.807) is 24.3 Å². The van der Waals surface area contributed by atoms with Gasteiger partial charge in [-0.15, -0.1) is 0 Å². The van der Waals surface area contributed by atoms with Gasteiger partial charge in [-0.1, -0.05) is 12.1 Å². The van der Waals surface area contributed by atoms with Crippen molar-refractivity contribution in [2.24, 2.45) is 5.92 Å². The van der Waals surface area contributed by atoms with Gasteiger partial charge in [-0.3, -0.25) is 9.59 Å². The molecule has 42 heavy (non-hydrogen) atoms. The first-order chi connectivity index (χ1) is 19.7. The number of nitrogens with two attached hydrogens (primary N) is 1. The Morgan fingerprint density at radius 3 is 1.98 bits per heavy atom. The van der Waals surface area contributed by atoms with Crippen molar-refractivity contribution >= 4 is 17.9 Å². The van der Waals surface area contributed by atoms with E-state index in [1.807, 2.05) is 0 Å². The number of aldehydes is 1. The zero-order valence-electron chi connectivity index (χ0n) is 21.3. The monoisotopic (exact) mass is 592 g/mol. The number of aromatic hydroxyl groups is 1. The lowest BCUT2D eigenvalue weighted by atomic mass is 9.66. The van der Waals surface area contributed by atoms with Crippen molar-refractivity contribution in [3.63, 3.8) is 0 Å². The van der Waals surface area contributed by atoms with Crippen LogP contribution >= 0.6 is 0 Å². The van der Waals surface area contributed by atoms with Crippen LogP contribution in [0.3, 0.4) is 0 Å². The minimum Gasteiger partial charge on any atom is -0.510 e. The Kier molecular flexibility index (Phi) is 7.97. The molecule has 0 saturated carbocycles. The van der Waals surface area contributed by atoms with Gasteiger partial charge in [0.05, 0.1) is 11.4 Å². The number of rotatable bonds is 7. The Hall–Kier alpha value is -4.94. The first kappa shape index (κ1) is 30.0. The number of hydrogen-bond acceptors (Lipinski definition) is 6. The number of amides is 1. The summed E-state index contributed by atoms with van der Waals surface area (Å²) in [6, 6.07) is 13.3. The summed E-state index contributed by atoms with van der Waals surface area (Å²) in [6.45, 7) is 0. The second-order valence-corrected chi connectivity index (χ2v) is 9.37. The van der Waals surface area contributed by atoms with Crippen LogP contribution in [0.1, 0.15) is 32.7 Å². The number of nitrogen functional groups attached to an aromatic ring is 1. The molecule has 220 valence electrons. The van der Waals surface area contributed by atoms with Crippen molar-refractivity contribution in [3.05, 3.63) is 107 Å². The van der Waals surface area contributed by atoms with Crippen molar-refractivity contribution in [2.75, 3.05) is 5.73 Å². The first-order valence-electron chi connectivity index (χ1n) is 12.1. The second-order valence-electron chi connectivity index (χ2n) is 9.37. The normalized spacial score (nSPS) is 15.8. The molecule has 3 aromatic carbocycles. The number of anilines is 1. The molecule has 0 bridgehead atoms. The summed E-state index contributed by atoms with van der Waals surface area (Å²) < 4.78 is 91.9. The van der Waals surface area contributed by atoms with Crippen LogP contribution in [0.5, 0.6) is 17.2 Å². The van der Waals surface area contributed by atoms with Gasteiger partial charge in [0.25, 0.3) is 5.91 Å². The molecule has 1 amide bonds. The predicted molar refractivity (Wildman–Crippen MR) is 139 cm³/mol. The number of ether oxygens (including phenoxy) is 1. The molecule has 0 aromatic heterocycles. The van der Waals surface area contributed by atoms with Gasteiger partial charge in [-0.05, 0) is 72.3 Å². The van der Waals surface area contributed by atoms with E-state index in [4.69, 9.17) is 10.5 Å². The molecule has 0 heterocycles. The number of nitrogens with one attached hydrogen (secondary N) is 1. The quantitative estimate of drug-likeness (QED) is 0.105. The number of hydrogen-bond donors (Lipinski definition) is 4. The molecule has 7 nitrogen and oxygen atoms in total. The molecule has 4 rings (SSSR count). The summed E-state index contributed by atoms with van der Waals surface area (Å²) in [4.78, 5) is 23.5. The van der Waals surface area contributed by atoms with E-state index in [0.717, 1.165) is 12.1 Å². The molecule has 0 aliphatic heterocycles. The fraction of sp³-hybridized carbons (Fsp3) is 0.172. The molecular weight excluding hydrogens is 570 g/mol. The van der Waals surface area contributed by atoms with E-state index in [2.05, 4.69) is 5.32 Å². The van der Waals surface area contributed by atoms with Gasteiger partial charge >= 0.3 is 12.4 Å². The van der Waals surface area contributed by atoms with Crippen LogP contribution < -0.4 is 15.8 Å². The van der Waals surface area contributed by atoms with Gasteiger partial charge in [0, 0.05) is 23.5 Å². The summed E-state index contributed by atoms with van der Waals surface area (Å²) >= 11 is 0. The second kappa shape index (κ2) is 11.1. The summed E-state index contributed by atoms with van der Waals surface area (Å²) in [5, 5.41) is 22.6. The number of aliphatic hydroxyl groups excluding tert-OH is 1. The topological polar surface area (TPSA) is 122 Å². The van der Waals surface area contributed by atoms with Gasteiger partial charge < -0.3 is 26.0 Å². The highest BCUT2D eigenvalue weighted by Gasteiger charge is 2.74. The van der Waals surface area contributed by atoms with Crippen LogP contribution in [-0.2, 0) is 5.41 Å². The summed E-state index contributed by atoms with van der Waals surface area (Å²) in [6.07, 6.45) is -10.9. The van der Waals surface area contributed by atoms with Crippen molar-refractivity contribution in [2.45, 2.75) is 24.2 Å². The number of benzene rings is 3. The lowest BCUT2D eigenvalue weighted by molar-refractivity contribution is -0.315. The Balaban J connectivity index is 1.55. The van der Waals surface area contributed by atoms with E-state index in [9.17, 15) is 46.1 Å². The van der Waals surface area contributed by atoms with E-state index in [-0.39, 0.29) is 11.3 Å². The van der Waals surface area contributed by atoms with Gasteiger partial charge in [0.1, 0.15) is 29.3 Å². The summed E-state index contributed by atoms with van der Waals surface area (Å²) in [5.74, 6) is -4.33. The molecule has 0 spiro atoms. The van der Waals surface area contributed by atoms with Crippen molar-refractivity contribution < 1.29 is 50.9 Å². The number of carbonyl (C=O) groups is 2. The minimum absolute atomic E-state index is 0.0479. The highest BCUT2D eigenvalue weighted by atomic mass is 19.4. The van der Waals surface area contributed by atoms with Crippen LogP contribution in [-0.4, -0.2) is 34.8 Å². The number of halogens is 6. The Bertz CT molecular complexity index is 1530. The Morgan fingerprint density at radius 1 is 0.905 bits per heavy atom. The Labute approximate surface area is 234 Å². The maximum atomic E-state index is 14.4. The maximum absolute atomic E-state index is 14.4. The molecule has 13 heteroatoms. The number of allylic oxidation sites excluding steroid dienone is 3.